The molecule has 0 N–H and O–H groups in total. The van der Waals surface area contributed by atoms with E-state index in [9.17, 15) is 0 Å². The van der Waals surface area contributed by atoms with Crippen molar-refractivity contribution in [2.45, 2.75) is 13.5 Å². The predicted molar refractivity (Wildman–Crippen MR) is 53.1 cm³/mol. The zero-order valence-electron chi connectivity index (χ0n) is 6.79. The molecule has 0 saturated carbocycles. The van der Waals surface area contributed by atoms with Crippen LogP contribution >= 0.6 is 15.9 Å². The van der Waals surface area contributed by atoms with E-state index in [1.807, 2.05) is 16.9 Å². The van der Waals surface area contributed by atoms with Crippen molar-refractivity contribution in [2.75, 3.05) is 0 Å². The highest BCUT2D eigenvalue weighted by atomic mass is 79.9. The summed E-state index contributed by atoms with van der Waals surface area (Å²) in [7, 11) is 0. The van der Waals surface area contributed by atoms with Crippen molar-refractivity contribution in [3.63, 3.8) is 0 Å². The number of benzene rings is 1. The molecule has 0 aliphatic heterocycles. The quantitative estimate of drug-likeness (QED) is 0.729. The molecule has 0 unspecified atom stereocenters. The van der Waals surface area contributed by atoms with E-state index < -0.39 is 0 Å². The second kappa shape index (κ2) is 2.90. The second-order valence-corrected chi connectivity index (χ2v) is 3.58. The summed E-state index contributed by atoms with van der Waals surface area (Å²) in [4.78, 5) is 0. The summed E-state index contributed by atoms with van der Waals surface area (Å²) in [5.74, 6) is 0. The van der Waals surface area contributed by atoms with Crippen LogP contribution in [0.3, 0.4) is 0 Å². The Bertz CT molecular complexity index is 406. The Hall–Kier alpha value is -0.830. The molecule has 62 valence electrons. The number of aryl methyl sites for hydroxylation is 1. The SMILES string of the molecule is CCn1ncc2ccc(Br)cc21. The van der Waals surface area contributed by atoms with E-state index >= 15 is 0 Å². The monoisotopic (exact) mass is 224 g/mol. The van der Waals surface area contributed by atoms with E-state index in [0.29, 0.717) is 0 Å². The van der Waals surface area contributed by atoms with Crippen LogP contribution in [0, 0.1) is 0 Å². The minimum absolute atomic E-state index is 0.917. The fourth-order valence-electron chi connectivity index (χ4n) is 1.30. The maximum absolute atomic E-state index is 4.25. The largest absolute Gasteiger partial charge is 0.265 e. The van der Waals surface area contributed by atoms with Gasteiger partial charge in [0.25, 0.3) is 0 Å². The predicted octanol–water partition coefficient (Wildman–Crippen LogP) is 2.82. The molecule has 0 spiro atoms. The van der Waals surface area contributed by atoms with Crippen molar-refractivity contribution in [1.29, 1.82) is 0 Å². The second-order valence-electron chi connectivity index (χ2n) is 2.66. The lowest BCUT2D eigenvalue weighted by Crippen LogP contribution is -1.94. The molecule has 3 heteroatoms. The van der Waals surface area contributed by atoms with Crippen molar-refractivity contribution in [3.8, 4) is 0 Å². The van der Waals surface area contributed by atoms with Gasteiger partial charge in [0.05, 0.1) is 11.7 Å². The van der Waals surface area contributed by atoms with E-state index in [1.165, 1.54) is 10.9 Å². The van der Waals surface area contributed by atoms with E-state index in [2.05, 4.69) is 40.1 Å². The molecule has 2 rings (SSSR count). The molecule has 1 heterocycles. The highest BCUT2D eigenvalue weighted by molar-refractivity contribution is 9.10. The Balaban J connectivity index is 2.75. The molecule has 0 atom stereocenters. The van der Waals surface area contributed by atoms with Gasteiger partial charge in [-0.3, -0.25) is 4.68 Å². The van der Waals surface area contributed by atoms with Crippen molar-refractivity contribution < 1.29 is 0 Å². The maximum Gasteiger partial charge on any atom is 0.0693 e. The van der Waals surface area contributed by atoms with Crippen molar-refractivity contribution in [2.24, 2.45) is 0 Å². The normalized spacial score (nSPS) is 10.8. The van der Waals surface area contributed by atoms with Gasteiger partial charge in [0.2, 0.25) is 0 Å². The number of rotatable bonds is 1. The average Bonchev–Trinajstić information content (AvgIpc) is 2.46. The van der Waals surface area contributed by atoms with E-state index in [1.54, 1.807) is 0 Å². The van der Waals surface area contributed by atoms with Gasteiger partial charge in [0, 0.05) is 16.4 Å². The Labute approximate surface area is 79.3 Å². The van der Waals surface area contributed by atoms with Gasteiger partial charge in [-0.1, -0.05) is 22.0 Å². The van der Waals surface area contributed by atoms with Gasteiger partial charge in [-0.25, -0.2) is 0 Å². The first-order chi connectivity index (χ1) is 5.81. The van der Waals surface area contributed by atoms with Crippen LogP contribution in [0.4, 0.5) is 0 Å². The van der Waals surface area contributed by atoms with Gasteiger partial charge in [0.1, 0.15) is 0 Å². The van der Waals surface area contributed by atoms with Gasteiger partial charge >= 0.3 is 0 Å². The fraction of sp³-hybridized carbons (Fsp3) is 0.222. The number of nitrogens with zero attached hydrogens (tertiary/aromatic N) is 2. The van der Waals surface area contributed by atoms with Gasteiger partial charge in [-0.2, -0.15) is 5.10 Å². The van der Waals surface area contributed by atoms with Crippen LogP contribution in [0.1, 0.15) is 6.92 Å². The summed E-state index contributed by atoms with van der Waals surface area (Å²) in [6, 6.07) is 6.19. The maximum atomic E-state index is 4.25. The Morgan fingerprint density at radius 3 is 3.08 bits per heavy atom. The van der Waals surface area contributed by atoms with Crippen molar-refractivity contribution in [1.82, 2.24) is 9.78 Å². The zero-order valence-corrected chi connectivity index (χ0v) is 8.37. The van der Waals surface area contributed by atoms with Crippen LogP contribution in [0.2, 0.25) is 0 Å². The lowest BCUT2D eigenvalue weighted by Gasteiger charge is -1.97. The van der Waals surface area contributed by atoms with Gasteiger partial charge < -0.3 is 0 Å². The van der Waals surface area contributed by atoms with E-state index in [4.69, 9.17) is 0 Å². The first-order valence-electron chi connectivity index (χ1n) is 3.92. The van der Waals surface area contributed by atoms with Crippen LogP contribution < -0.4 is 0 Å². The molecule has 2 aromatic rings. The molecule has 1 aromatic carbocycles. The van der Waals surface area contributed by atoms with Crippen molar-refractivity contribution >= 4 is 26.8 Å². The third kappa shape index (κ3) is 1.14. The van der Waals surface area contributed by atoms with Crippen LogP contribution in [0.25, 0.3) is 10.9 Å². The molecule has 0 aliphatic rings. The number of hydrogen-bond acceptors (Lipinski definition) is 1. The number of aromatic nitrogens is 2. The van der Waals surface area contributed by atoms with Crippen LogP contribution in [-0.4, -0.2) is 9.78 Å². The molecular weight excluding hydrogens is 216 g/mol. The van der Waals surface area contributed by atoms with E-state index in [-0.39, 0.29) is 0 Å². The molecule has 2 nitrogen and oxygen atoms in total. The lowest BCUT2D eigenvalue weighted by molar-refractivity contribution is 0.684. The Morgan fingerprint density at radius 2 is 2.33 bits per heavy atom. The summed E-state index contributed by atoms with van der Waals surface area (Å²) in [6.45, 7) is 3.01. The van der Waals surface area contributed by atoms with E-state index in [0.717, 1.165) is 11.0 Å². The number of hydrogen-bond donors (Lipinski definition) is 0. The Kier molecular flexibility index (Phi) is 1.89. The fourth-order valence-corrected chi connectivity index (χ4v) is 1.64. The molecule has 0 fully saturated rings. The Morgan fingerprint density at radius 1 is 1.50 bits per heavy atom. The molecule has 0 saturated heterocycles. The van der Waals surface area contributed by atoms with Crippen LogP contribution in [0.5, 0.6) is 0 Å². The first-order valence-corrected chi connectivity index (χ1v) is 4.71. The molecule has 1 aromatic heterocycles. The number of halogens is 1. The highest BCUT2D eigenvalue weighted by Gasteiger charge is 1.99. The van der Waals surface area contributed by atoms with Crippen molar-refractivity contribution in [3.05, 3.63) is 28.9 Å². The summed E-state index contributed by atoms with van der Waals surface area (Å²) >= 11 is 3.44. The summed E-state index contributed by atoms with van der Waals surface area (Å²) in [5.41, 5.74) is 1.19. The summed E-state index contributed by atoms with van der Waals surface area (Å²) < 4.78 is 3.09. The molecule has 0 amide bonds. The first kappa shape index (κ1) is 7.80. The third-order valence-corrected chi connectivity index (χ3v) is 2.40. The van der Waals surface area contributed by atoms with Crippen LogP contribution in [0.15, 0.2) is 28.9 Å². The third-order valence-electron chi connectivity index (χ3n) is 1.91. The van der Waals surface area contributed by atoms with Crippen LogP contribution in [-0.2, 0) is 6.54 Å². The minimum atomic E-state index is 0.917. The summed E-state index contributed by atoms with van der Waals surface area (Å²) in [6.07, 6.45) is 1.89. The lowest BCUT2D eigenvalue weighted by atomic mass is 10.3. The highest BCUT2D eigenvalue weighted by Crippen LogP contribution is 2.18. The summed E-state index contributed by atoms with van der Waals surface area (Å²) in [5, 5.41) is 5.45. The molecule has 12 heavy (non-hydrogen) atoms. The molecular formula is C9H9BrN2. The van der Waals surface area contributed by atoms with Gasteiger partial charge in [-0.05, 0) is 19.1 Å². The van der Waals surface area contributed by atoms with Gasteiger partial charge in [-0.15, -0.1) is 0 Å². The van der Waals surface area contributed by atoms with Gasteiger partial charge in [0.15, 0.2) is 0 Å². The minimum Gasteiger partial charge on any atom is -0.265 e. The average molecular weight is 225 g/mol. The molecule has 0 aliphatic carbocycles. The molecule has 0 radical (unpaired) electrons. The standard InChI is InChI=1S/C9H9BrN2/c1-2-12-9-5-8(10)4-3-7(9)6-11-12/h3-6H,2H2,1H3. The smallest absolute Gasteiger partial charge is 0.0693 e. The topological polar surface area (TPSA) is 17.8 Å². The zero-order chi connectivity index (χ0) is 8.55. The number of fused-ring (bicyclic) bond motifs is 1. The molecule has 0 bridgehead atoms.